The largest absolute Gasteiger partial charge is 0.497 e. The van der Waals surface area contributed by atoms with Crippen LogP contribution in [0, 0.1) is 5.92 Å². The Bertz CT molecular complexity index is 1030. The number of fused-ring (bicyclic) bond motifs is 1. The fraction of sp³-hybridized carbons (Fsp3) is 0.409. The predicted molar refractivity (Wildman–Crippen MR) is 113 cm³/mol. The third-order valence-corrected chi connectivity index (χ3v) is 7.80. The molecule has 0 N–H and O–H groups in total. The van der Waals surface area contributed by atoms with Crippen LogP contribution < -0.4 is 13.9 Å². The molecule has 1 unspecified atom stereocenters. The average molecular weight is 415 g/mol. The second kappa shape index (κ2) is 7.37. The van der Waals surface area contributed by atoms with Crippen molar-refractivity contribution in [2.45, 2.75) is 44.0 Å². The van der Waals surface area contributed by atoms with Gasteiger partial charge in [-0.05, 0) is 80.1 Å². The van der Waals surface area contributed by atoms with Crippen LogP contribution in [0.5, 0.6) is 5.75 Å². The van der Waals surface area contributed by atoms with Crippen LogP contribution in [-0.4, -0.2) is 34.0 Å². The van der Waals surface area contributed by atoms with Crippen LogP contribution in [0.25, 0.3) is 0 Å². The number of nitrogens with zero attached hydrogens (tertiary/aromatic N) is 2. The maximum atomic E-state index is 13.7. The van der Waals surface area contributed by atoms with Crippen molar-refractivity contribution < 1.29 is 17.9 Å². The van der Waals surface area contributed by atoms with Crippen molar-refractivity contribution in [1.29, 1.82) is 0 Å². The van der Waals surface area contributed by atoms with Crippen molar-refractivity contribution in [3.05, 3.63) is 48.0 Å². The smallest absolute Gasteiger partial charge is 0.264 e. The number of carbonyl (C=O) groups excluding carboxylic acids is 1. The fourth-order valence-electron chi connectivity index (χ4n) is 4.07. The second-order valence-electron chi connectivity index (χ2n) is 7.79. The van der Waals surface area contributed by atoms with Gasteiger partial charge < -0.3 is 9.64 Å². The number of methoxy groups -OCH3 is 1. The van der Waals surface area contributed by atoms with Crippen molar-refractivity contribution in [2.75, 3.05) is 22.9 Å². The Morgan fingerprint density at radius 1 is 1.17 bits per heavy atom. The van der Waals surface area contributed by atoms with Crippen LogP contribution in [0.2, 0.25) is 0 Å². The number of sulfonamides is 1. The van der Waals surface area contributed by atoms with E-state index in [0.29, 0.717) is 30.3 Å². The lowest BCUT2D eigenvalue weighted by Gasteiger charge is -2.31. The minimum atomic E-state index is -3.75. The molecule has 1 atom stereocenters. The van der Waals surface area contributed by atoms with Gasteiger partial charge in [-0.1, -0.05) is 0 Å². The summed E-state index contributed by atoms with van der Waals surface area (Å²) < 4.78 is 34.1. The van der Waals surface area contributed by atoms with Crippen molar-refractivity contribution in [3.63, 3.8) is 0 Å². The summed E-state index contributed by atoms with van der Waals surface area (Å²) in [6.45, 7) is 4.10. The summed E-state index contributed by atoms with van der Waals surface area (Å²) in [4.78, 5) is 13.8. The Morgan fingerprint density at radius 3 is 2.45 bits per heavy atom. The molecule has 1 heterocycles. The van der Waals surface area contributed by atoms with Gasteiger partial charge in [0.05, 0.1) is 17.7 Å². The van der Waals surface area contributed by atoms with E-state index in [-0.39, 0.29) is 16.8 Å². The zero-order valence-electron chi connectivity index (χ0n) is 17.0. The van der Waals surface area contributed by atoms with E-state index in [9.17, 15) is 13.2 Å². The van der Waals surface area contributed by atoms with E-state index in [1.54, 1.807) is 58.8 Å². The Kier molecular flexibility index (Phi) is 5.02. The molecule has 1 amide bonds. The lowest BCUT2D eigenvalue weighted by molar-refractivity contribution is -0.116. The van der Waals surface area contributed by atoms with E-state index in [4.69, 9.17) is 4.74 Å². The van der Waals surface area contributed by atoms with E-state index in [0.717, 1.165) is 24.1 Å². The molecule has 154 valence electrons. The van der Waals surface area contributed by atoms with Crippen molar-refractivity contribution in [3.8, 4) is 5.75 Å². The monoisotopic (exact) mass is 414 g/mol. The van der Waals surface area contributed by atoms with Gasteiger partial charge in [0.2, 0.25) is 5.91 Å². The Balaban J connectivity index is 1.74. The first kappa shape index (κ1) is 19.8. The van der Waals surface area contributed by atoms with Crippen LogP contribution >= 0.6 is 0 Å². The first-order chi connectivity index (χ1) is 13.8. The Hall–Kier alpha value is -2.54. The van der Waals surface area contributed by atoms with Crippen LogP contribution in [0.15, 0.2) is 47.4 Å². The number of amides is 1. The number of rotatable bonds is 6. The third-order valence-electron chi connectivity index (χ3n) is 5.88. The van der Waals surface area contributed by atoms with Gasteiger partial charge in [0.25, 0.3) is 10.0 Å². The molecule has 4 rings (SSSR count). The quantitative estimate of drug-likeness (QED) is 0.724. The molecule has 0 saturated heterocycles. The van der Waals surface area contributed by atoms with E-state index in [1.165, 1.54) is 6.92 Å². The van der Waals surface area contributed by atoms with E-state index < -0.39 is 10.0 Å². The topological polar surface area (TPSA) is 66.9 Å². The highest BCUT2D eigenvalue weighted by atomic mass is 32.2. The molecule has 2 aliphatic rings. The number of ether oxygens (including phenoxy) is 1. The zero-order chi connectivity index (χ0) is 20.8. The number of carbonyl (C=O) groups is 1. The molecule has 0 radical (unpaired) electrons. The molecule has 29 heavy (non-hydrogen) atoms. The SMILES string of the molecule is COc1ccc(N(C(C)C2CC2)S(=O)(=O)c2ccc3c(c2)CCN3C(C)=O)cc1. The van der Waals surface area contributed by atoms with Gasteiger partial charge in [-0.2, -0.15) is 0 Å². The van der Waals surface area contributed by atoms with Crippen molar-refractivity contribution >= 4 is 27.3 Å². The van der Waals surface area contributed by atoms with Crippen LogP contribution in [-0.2, 0) is 21.2 Å². The van der Waals surface area contributed by atoms with Gasteiger partial charge in [0.1, 0.15) is 5.75 Å². The molecule has 1 fully saturated rings. The van der Waals surface area contributed by atoms with E-state index in [2.05, 4.69) is 0 Å². The minimum absolute atomic E-state index is 0.0263. The fourth-order valence-corrected chi connectivity index (χ4v) is 5.84. The minimum Gasteiger partial charge on any atom is -0.497 e. The molecule has 0 spiro atoms. The molecule has 1 aliphatic heterocycles. The average Bonchev–Trinajstić information content (AvgIpc) is 3.47. The molecule has 1 saturated carbocycles. The normalized spacial score (nSPS) is 17.0. The van der Waals surface area contributed by atoms with Gasteiger partial charge in [-0.15, -0.1) is 0 Å². The highest BCUT2D eigenvalue weighted by molar-refractivity contribution is 7.92. The van der Waals surface area contributed by atoms with Gasteiger partial charge in [0, 0.05) is 25.2 Å². The van der Waals surface area contributed by atoms with Crippen molar-refractivity contribution in [2.24, 2.45) is 5.92 Å². The van der Waals surface area contributed by atoms with Crippen LogP contribution in [0.4, 0.5) is 11.4 Å². The van der Waals surface area contributed by atoms with Crippen LogP contribution in [0.3, 0.4) is 0 Å². The van der Waals surface area contributed by atoms with Gasteiger partial charge in [-0.3, -0.25) is 9.10 Å². The number of benzene rings is 2. The lowest BCUT2D eigenvalue weighted by atomic mass is 10.2. The maximum Gasteiger partial charge on any atom is 0.264 e. The third kappa shape index (κ3) is 3.59. The Labute approximate surface area is 172 Å². The number of hydrogen-bond acceptors (Lipinski definition) is 4. The summed E-state index contributed by atoms with van der Waals surface area (Å²) in [6.07, 6.45) is 2.75. The molecule has 7 heteroatoms. The first-order valence-electron chi connectivity index (χ1n) is 9.92. The summed E-state index contributed by atoms with van der Waals surface area (Å²) >= 11 is 0. The van der Waals surface area contributed by atoms with E-state index in [1.807, 2.05) is 6.92 Å². The summed E-state index contributed by atoms with van der Waals surface area (Å²) in [7, 11) is -2.16. The van der Waals surface area contributed by atoms with Crippen LogP contribution in [0.1, 0.15) is 32.3 Å². The maximum absolute atomic E-state index is 13.7. The van der Waals surface area contributed by atoms with Gasteiger partial charge >= 0.3 is 0 Å². The summed E-state index contributed by atoms with van der Waals surface area (Å²) in [5, 5.41) is 0. The lowest BCUT2D eigenvalue weighted by Crippen LogP contribution is -2.40. The Morgan fingerprint density at radius 2 is 1.86 bits per heavy atom. The summed E-state index contributed by atoms with van der Waals surface area (Å²) in [5.74, 6) is 1.03. The van der Waals surface area contributed by atoms with Crippen molar-refractivity contribution in [1.82, 2.24) is 0 Å². The number of hydrogen-bond donors (Lipinski definition) is 0. The molecular formula is C22H26N2O4S. The molecular weight excluding hydrogens is 388 g/mol. The second-order valence-corrected chi connectivity index (χ2v) is 9.60. The first-order valence-corrected chi connectivity index (χ1v) is 11.4. The van der Waals surface area contributed by atoms with Gasteiger partial charge in [-0.25, -0.2) is 8.42 Å². The highest BCUT2D eigenvalue weighted by Gasteiger charge is 2.39. The van der Waals surface area contributed by atoms with E-state index >= 15 is 0 Å². The molecule has 1 aliphatic carbocycles. The summed E-state index contributed by atoms with van der Waals surface area (Å²) in [5.41, 5.74) is 2.34. The predicted octanol–water partition coefficient (Wildman–Crippen LogP) is 3.60. The molecule has 6 nitrogen and oxygen atoms in total. The van der Waals surface area contributed by atoms with Gasteiger partial charge in [0.15, 0.2) is 0 Å². The zero-order valence-corrected chi connectivity index (χ0v) is 17.8. The standard InChI is InChI=1S/C22H26N2O4S/c1-15(17-4-5-17)24(19-6-8-20(28-3)9-7-19)29(26,27)21-10-11-22-18(14-21)12-13-23(22)16(2)25/h6-11,14-15,17H,4-5,12-13H2,1-3H3. The highest BCUT2D eigenvalue weighted by Crippen LogP contribution is 2.40. The summed E-state index contributed by atoms with van der Waals surface area (Å²) in [6, 6.07) is 12.1. The molecule has 2 aromatic carbocycles. The molecule has 2 aromatic rings. The molecule has 0 aromatic heterocycles. The molecule has 0 bridgehead atoms. The number of anilines is 2.